The molecule has 0 unspecified atom stereocenters. The molecule has 1 rings (SSSR count). The number of hydrogen-bond acceptors (Lipinski definition) is 2. The number of aliphatic hydroxyl groups excluding tert-OH is 1. The first-order valence-electron chi connectivity index (χ1n) is 4.37. The topological polar surface area (TPSA) is 49.3 Å². The molecular weight excluding hydrogens is 178 g/mol. The Morgan fingerprint density at radius 2 is 2.36 bits per heavy atom. The smallest absolute Gasteiger partial charge is 0.221 e. The van der Waals surface area contributed by atoms with Crippen LogP contribution in [0.1, 0.15) is 12.5 Å². The zero-order chi connectivity index (χ0) is 10.4. The van der Waals surface area contributed by atoms with Gasteiger partial charge in [0.2, 0.25) is 5.91 Å². The largest absolute Gasteiger partial charge is 0.392 e. The Labute approximate surface area is 83.1 Å². The third-order valence-corrected chi connectivity index (χ3v) is 1.62. The Morgan fingerprint density at radius 3 is 3.00 bits per heavy atom. The van der Waals surface area contributed by atoms with E-state index in [1.54, 1.807) is 12.2 Å². The van der Waals surface area contributed by atoms with Crippen LogP contribution in [-0.2, 0) is 4.79 Å². The third-order valence-electron chi connectivity index (χ3n) is 1.62. The van der Waals surface area contributed by atoms with E-state index >= 15 is 0 Å². The second kappa shape index (κ2) is 5.19. The van der Waals surface area contributed by atoms with Gasteiger partial charge in [0.15, 0.2) is 0 Å². The molecule has 0 aliphatic heterocycles. The number of aliphatic hydroxyl groups is 1. The molecule has 3 heteroatoms. The zero-order valence-corrected chi connectivity index (χ0v) is 8.03. The van der Waals surface area contributed by atoms with Crippen LogP contribution in [0.5, 0.6) is 0 Å². The molecule has 0 spiro atoms. The summed E-state index contributed by atoms with van der Waals surface area (Å²) in [4.78, 5) is 10.8. The van der Waals surface area contributed by atoms with E-state index < -0.39 is 0 Å². The standard InChI is InChI=1S/C11H13NO2/c1-9(14)12-11-6-2-4-10(8-11)5-3-7-13/h2-6,8,13H,7H2,1H3,(H,12,14). The first-order chi connectivity index (χ1) is 6.72. The van der Waals surface area contributed by atoms with E-state index in [2.05, 4.69) is 5.32 Å². The molecule has 0 saturated carbocycles. The zero-order valence-electron chi connectivity index (χ0n) is 8.03. The van der Waals surface area contributed by atoms with Gasteiger partial charge in [0.05, 0.1) is 6.61 Å². The van der Waals surface area contributed by atoms with Crippen LogP contribution in [0.15, 0.2) is 30.3 Å². The Hall–Kier alpha value is -1.61. The van der Waals surface area contributed by atoms with E-state index in [0.717, 1.165) is 11.3 Å². The van der Waals surface area contributed by atoms with E-state index in [1.165, 1.54) is 6.92 Å². The Bertz CT molecular complexity index is 345. The molecule has 0 aliphatic rings. The molecular formula is C11H13NO2. The number of carbonyl (C=O) groups excluding carboxylic acids is 1. The van der Waals surface area contributed by atoms with Gasteiger partial charge in [-0.05, 0) is 17.7 Å². The summed E-state index contributed by atoms with van der Waals surface area (Å²) in [6.07, 6.45) is 3.44. The molecule has 0 fully saturated rings. The molecule has 2 N–H and O–H groups in total. The highest BCUT2D eigenvalue weighted by atomic mass is 16.2. The van der Waals surface area contributed by atoms with Crippen LogP contribution in [0.25, 0.3) is 6.08 Å². The normalized spacial score (nSPS) is 10.4. The van der Waals surface area contributed by atoms with Crippen molar-refractivity contribution in [3.63, 3.8) is 0 Å². The Kier molecular flexibility index (Phi) is 3.88. The van der Waals surface area contributed by atoms with Crippen molar-refractivity contribution in [1.82, 2.24) is 0 Å². The highest BCUT2D eigenvalue weighted by Crippen LogP contribution is 2.11. The summed E-state index contributed by atoms with van der Waals surface area (Å²) in [5.41, 5.74) is 1.71. The van der Waals surface area contributed by atoms with Crippen LogP contribution in [-0.4, -0.2) is 17.6 Å². The van der Waals surface area contributed by atoms with Crippen LogP contribution >= 0.6 is 0 Å². The van der Waals surface area contributed by atoms with Crippen molar-refractivity contribution >= 4 is 17.7 Å². The van der Waals surface area contributed by atoms with Crippen molar-refractivity contribution in [3.8, 4) is 0 Å². The lowest BCUT2D eigenvalue weighted by molar-refractivity contribution is -0.114. The molecule has 0 aliphatic carbocycles. The summed E-state index contributed by atoms with van der Waals surface area (Å²) >= 11 is 0. The van der Waals surface area contributed by atoms with E-state index in [1.807, 2.05) is 24.3 Å². The quantitative estimate of drug-likeness (QED) is 0.763. The van der Waals surface area contributed by atoms with Crippen LogP contribution in [0.4, 0.5) is 5.69 Å². The lowest BCUT2D eigenvalue weighted by Crippen LogP contribution is -2.05. The minimum atomic E-state index is -0.0895. The first kappa shape index (κ1) is 10.5. The Morgan fingerprint density at radius 1 is 1.57 bits per heavy atom. The van der Waals surface area contributed by atoms with Gasteiger partial charge in [-0.2, -0.15) is 0 Å². The fraction of sp³-hybridized carbons (Fsp3) is 0.182. The summed E-state index contributed by atoms with van der Waals surface area (Å²) < 4.78 is 0. The molecule has 74 valence electrons. The van der Waals surface area contributed by atoms with Crippen LogP contribution in [0, 0.1) is 0 Å². The van der Waals surface area contributed by atoms with Crippen molar-refractivity contribution in [2.24, 2.45) is 0 Å². The monoisotopic (exact) mass is 191 g/mol. The lowest BCUT2D eigenvalue weighted by Gasteiger charge is -2.02. The molecule has 1 amide bonds. The van der Waals surface area contributed by atoms with Gasteiger partial charge in [0, 0.05) is 12.6 Å². The van der Waals surface area contributed by atoms with Gasteiger partial charge in [-0.3, -0.25) is 4.79 Å². The van der Waals surface area contributed by atoms with Crippen LogP contribution < -0.4 is 5.32 Å². The van der Waals surface area contributed by atoms with E-state index in [0.29, 0.717) is 0 Å². The van der Waals surface area contributed by atoms with Gasteiger partial charge in [0.25, 0.3) is 0 Å². The average molecular weight is 191 g/mol. The predicted octanol–water partition coefficient (Wildman–Crippen LogP) is 1.65. The van der Waals surface area contributed by atoms with Gasteiger partial charge >= 0.3 is 0 Å². The predicted molar refractivity (Wildman–Crippen MR) is 56.9 cm³/mol. The lowest BCUT2D eigenvalue weighted by atomic mass is 10.2. The summed E-state index contributed by atoms with van der Waals surface area (Å²) in [7, 11) is 0. The van der Waals surface area contributed by atoms with Crippen molar-refractivity contribution in [1.29, 1.82) is 0 Å². The molecule has 1 aromatic carbocycles. The van der Waals surface area contributed by atoms with E-state index in [-0.39, 0.29) is 12.5 Å². The summed E-state index contributed by atoms with van der Waals surface area (Å²) in [5, 5.41) is 11.3. The van der Waals surface area contributed by atoms with Crippen molar-refractivity contribution in [3.05, 3.63) is 35.9 Å². The molecule has 0 saturated heterocycles. The molecule has 0 aromatic heterocycles. The van der Waals surface area contributed by atoms with E-state index in [4.69, 9.17) is 5.11 Å². The maximum absolute atomic E-state index is 10.8. The Balaban J connectivity index is 2.78. The maximum atomic E-state index is 10.8. The van der Waals surface area contributed by atoms with Crippen molar-refractivity contribution in [2.75, 3.05) is 11.9 Å². The first-order valence-corrected chi connectivity index (χ1v) is 4.37. The van der Waals surface area contributed by atoms with Crippen molar-refractivity contribution < 1.29 is 9.90 Å². The maximum Gasteiger partial charge on any atom is 0.221 e. The van der Waals surface area contributed by atoms with Gasteiger partial charge in [-0.1, -0.05) is 24.3 Å². The molecule has 1 aromatic rings. The highest BCUT2D eigenvalue weighted by molar-refractivity contribution is 5.88. The highest BCUT2D eigenvalue weighted by Gasteiger charge is 1.94. The number of amides is 1. The SMILES string of the molecule is CC(=O)Nc1cccc(C=CCO)c1. The summed E-state index contributed by atoms with van der Waals surface area (Å²) in [5.74, 6) is -0.0895. The van der Waals surface area contributed by atoms with E-state index in [9.17, 15) is 4.79 Å². The molecule has 0 radical (unpaired) electrons. The van der Waals surface area contributed by atoms with Gasteiger partial charge in [-0.25, -0.2) is 0 Å². The molecule has 0 atom stereocenters. The summed E-state index contributed by atoms with van der Waals surface area (Å²) in [6, 6.07) is 7.41. The number of hydrogen-bond donors (Lipinski definition) is 2. The number of carbonyl (C=O) groups is 1. The van der Waals surface area contributed by atoms with Gasteiger partial charge in [0.1, 0.15) is 0 Å². The minimum Gasteiger partial charge on any atom is -0.392 e. The fourth-order valence-electron chi connectivity index (χ4n) is 1.11. The molecule has 3 nitrogen and oxygen atoms in total. The number of benzene rings is 1. The molecule has 0 bridgehead atoms. The number of nitrogens with one attached hydrogen (secondary N) is 1. The van der Waals surface area contributed by atoms with Crippen LogP contribution in [0.2, 0.25) is 0 Å². The number of anilines is 1. The fourth-order valence-corrected chi connectivity index (χ4v) is 1.11. The number of rotatable bonds is 3. The minimum absolute atomic E-state index is 0.0182. The molecule has 0 heterocycles. The van der Waals surface area contributed by atoms with Gasteiger partial charge < -0.3 is 10.4 Å². The second-order valence-electron chi connectivity index (χ2n) is 2.89. The average Bonchev–Trinajstić information content (AvgIpc) is 2.14. The second-order valence-corrected chi connectivity index (χ2v) is 2.89. The van der Waals surface area contributed by atoms with Gasteiger partial charge in [-0.15, -0.1) is 0 Å². The van der Waals surface area contributed by atoms with Crippen molar-refractivity contribution in [2.45, 2.75) is 6.92 Å². The third kappa shape index (κ3) is 3.41. The summed E-state index contributed by atoms with van der Waals surface area (Å²) in [6.45, 7) is 1.49. The van der Waals surface area contributed by atoms with Crippen LogP contribution in [0.3, 0.4) is 0 Å². The molecule has 14 heavy (non-hydrogen) atoms.